The molecule has 0 aromatic heterocycles. The zero-order valence-corrected chi connectivity index (χ0v) is 11.1. The predicted octanol–water partition coefficient (Wildman–Crippen LogP) is 2.79. The van der Waals surface area contributed by atoms with E-state index in [2.05, 4.69) is 0 Å². The highest BCUT2D eigenvalue weighted by Gasteiger charge is 2.32. The molecule has 1 unspecified atom stereocenters. The van der Waals surface area contributed by atoms with Gasteiger partial charge in [-0.2, -0.15) is 0 Å². The predicted molar refractivity (Wildman–Crippen MR) is 66.0 cm³/mol. The molecule has 0 radical (unpaired) electrons. The Kier molecular flexibility index (Phi) is 4.06. The number of hydrogen-bond donors (Lipinski definition) is 1. The van der Waals surface area contributed by atoms with E-state index in [1.807, 2.05) is 13.8 Å². The molecule has 1 fully saturated rings. The third-order valence-corrected chi connectivity index (χ3v) is 3.21. The number of benzene rings is 1. The number of aliphatic hydroxyl groups is 1. The lowest BCUT2D eigenvalue weighted by Crippen LogP contribution is -2.24. The zero-order valence-electron chi connectivity index (χ0n) is 11.1. The van der Waals surface area contributed by atoms with Crippen LogP contribution in [0.3, 0.4) is 0 Å². The molecule has 1 heterocycles. The number of rotatable bonds is 4. The largest absolute Gasteiger partial charge is 0.485 e. The van der Waals surface area contributed by atoms with E-state index in [0.29, 0.717) is 0 Å². The van der Waals surface area contributed by atoms with E-state index in [0.717, 1.165) is 25.0 Å². The summed E-state index contributed by atoms with van der Waals surface area (Å²) in [6.07, 6.45) is 1.56. The highest BCUT2D eigenvalue weighted by Crippen LogP contribution is 2.30. The SMILES string of the molecule is CC1(C)CCC(COc2c(F)cc(CO)cc2F)O1. The maximum absolute atomic E-state index is 13.6. The monoisotopic (exact) mass is 272 g/mol. The highest BCUT2D eigenvalue weighted by molar-refractivity contribution is 5.31. The molecule has 0 amide bonds. The summed E-state index contributed by atoms with van der Waals surface area (Å²) in [5, 5.41) is 8.84. The van der Waals surface area contributed by atoms with E-state index in [1.165, 1.54) is 0 Å². The molecule has 2 rings (SSSR count). The third kappa shape index (κ3) is 3.42. The minimum atomic E-state index is -0.804. The van der Waals surface area contributed by atoms with Gasteiger partial charge in [-0.05, 0) is 44.4 Å². The van der Waals surface area contributed by atoms with E-state index in [9.17, 15) is 8.78 Å². The molecule has 1 aliphatic heterocycles. The zero-order chi connectivity index (χ0) is 14.0. The molecule has 1 N–H and O–H groups in total. The average molecular weight is 272 g/mol. The molecule has 1 aromatic rings. The molecule has 1 aromatic carbocycles. The molecule has 106 valence electrons. The number of hydrogen-bond acceptors (Lipinski definition) is 3. The lowest BCUT2D eigenvalue weighted by molar-refractivity contribution is -0.0335. The van der Waals surface area contributed by atoms with Gasteiger partial charge in [-0.1, -0.05) is 0 Å². The normalized spacial score (nSPS) is 21.6. The van der Waals surface area contributed by atoms with E-state index < -0.39 is 24.0 Å². The van der Waals surface area contributed by atoms with Crippen LogP contribution in [0.2, 0.25) is 0 Å². The van der Waals surface area contributed by atoms with Crippen molar-refractivity contribution in [3.63, 3.8) is 0 Å². The van der Waals surface area contributed by atoms with Crippen LogP contribution in [0.25, 0.3) is 0 Å². The summed E-state index contributed by atoms with van der Waals surface area (Å²) in [6, 6.07) is 2.13. The van der Waals surface area contributed by atoms with Crippen LogP contribution in [-0.2, 0) is 11.3 Å². The van der Waals surface area contributed by atoms with Gasteiger partial charge in [-0.15, -0.1) is 0 Å². The maximum atomic E-state index is 13.6. The van der Waals surface area contributed by atoms with Gasteiger partial charge >= 0.3 is 0 Å². The first kappa shape index (κ1) is 14.2. The Balaban J connectivity index is 2.00. The van der Waals surface area contributed by atoms with Crippen molar-refractivity contribution in [1.29, 1.82) is 0 Å². The van der Waals surface area contributed by atoms with Crippen molar-refractivity contribution < 1.29 is 23.4 Å². The summed E-state index contributed by atoms with van der Waals surface area (Å²) in [5.74, 6) is -2.02. The quantitative estimate of drug-likeness (QED) is 0.916. The topological polar surface area (TPSA) is 38.7 Å². The molecule has 0 spiro atoms. The van der Waals surface area contributed by atoms with Crippen molar-refractivity contribution >= 4 is 0 Å². The second-order valence-electron chi connectivity index (χ2n) is 5.40. The Morgan fingerprint density at radius 2 is 2.00 bits per heavy atom. The maximum Gasteiger partial charge on any atom is 0.190 e. The van der Waals surface area contributed by atoms with Crippen molar-refractivity contribution in [2.24, 2.45) is 0 Å². The molecule has 3 nitrogen and oxygen atoms in total. The fraction of sp³-hybridized carbons (Fsp3) is 0.571. The summed E-state index contributed by atoms with van der Waals surface area (Å²) in [5.41, 5.74) is -0.0214. The lowest BCUT2D eigenvalue weighted by atomic mass is 10.1. The fourth-order valence-electron chi connectivity index (χ4n) is 2.21. The van der Waals surface area contributed by atoms with Gasteiger partial charge in [0, 0.05) is 0 Å². The second kappa shape index (κ2) is 5.43. The average Bonchev–Trinajstić information content (AvgIpc) is 2.67. The van der Waals surface area contributed by atoms with E-state index in [4.69, 9.17) is 14.6 Å². The summed E-state index contributed by atoms with van der Waals surface area (Å²) >= 11 is 0. The van der Waals surface area contributed by atoms with Crippen molar-refractivity contribution in [3.8, 4) is 5.75 Å². The first-order valence-corrected chi connectivity index (χ1v) is 6.31. The third-order valence-electron chi connectivity index (χ3n) is 3.21. The molecular formula is C14H18F2O3. The van der Waals surface area contributed by atoms with Gasteiger partial charge in [0.1, 0.15) is 6.61 Å². The van der Waals surface area contributed by atoms with E-state index >= 15 is 0 Å². The Morgan fingerprint density at radius 1 is 1.37 bits per heavy atom. The van der Waals surface area contributed by atoms with Crippen LogP contribution < -0.4 is 4.74 Å². The van der Waals surface area contributed by atoms with Gasteiger partial charge in [-0.3, -0.25) is 0 Å². The van der Waals surface area contributed by atoms with Crippen molar-refractivity contribution in [1.82, 2.24) is 0 Å². The van der Waals surface area contributed by atoms with E-state index in [1.54, 1.807) is 0 Å². The molecular weight excluding hydrogens is 254 g/mol. The first-order valence-electron chi connectivity index (χ1n) is 6.31. The Bertz CT molecular complexity index is 437. The lowest BCUT2D eigenvalue weighted by Gasteiger charge is -2.19. The molecule has 5 heteroatoms. The van der Waals surface area contributed by atoms with Crippen LogP contribution in [0.5, 0.6) is 5.75 Å². The first-order chi connectivity index (χ1) is 8.91. The van der Waals surface area contributed by atoms with Gasteiger partial charge in [-0.25, -0.2) is 8.78 Å². The molecule has 0 bridgehead atoms. The summed E-state index contributed by atoms with van der Waals surface area (Å²) < 4.78 is 38.1. The minimum absolute atomic E-state index is 0.121. The molecule has 1 aliphatic rings. The number of ether oxygens (including phenoxy) is 2. The summed E-state index contributed by atoms with van der Waals surface area (Å²) in [4.78, 5) is 0. The van der Waals surface area contributed by atoms with Crippen LogP contribution in [0.15, 0.2) is 12.1 Å². The van der Waals surface area contributed by atoms with Gasteiger partial charge < -0.3 is 14.6 Å². The Hall–Kier alpha value is -1.20. The Labute approximate surface area is 111 Å². The van der Waals surface area contributed by atoms with Crippen LogP contribution >= 0.6 is 0 Å². The van der Waals surface area contributed by atoms with Crippen LogP contribution in [0, 0.1) is 11.6 Å². The number of aliphatic hydroxyl groups excluding tert-OH is 1. The van der Waals surface area contributed by atoms with Gasteiger partial charge in [0.25, 0.3) is 0 Å². The molecule has 19 heavy (non-hydrogen) atoms. The highest BCUT2D eigenvalue weighted by atomic mass is 19.1. The standard InChI is InChI=1S/C14H18F2O3/c1-14(2)4-3-10(19-14)8-18-13-11(15)5-9(7-17)6-12(13)16/h5-6,10,17H,3-4,7-8H2,1-2H3. The molecule has 1 atom stereocenters. The molecule has 0 aliphatic carbocycles. The van der Waals surface area contributed by atoms with E-state index in [-0.39, 0.29) is 23.9 Å². The van der Waals surface area contributed by atoms with Crippen LogP contribution in [0.4, 0.5) is 8.78 Å². The van der Waals surface area contributed by atoms with Gasteiger partial charge in [0.2, 0.25) is 0 Å². The fourth-order valence-corrected chi connectivity index (χ4v) is 2.21. The van der Waals surface area contributed by atoms with Crippen LogP contribution in [-0.4, -0.2) is 23.4 Å². The summed E-state index contributed by atoms with van der Waals surface area (Å²) in [7, 11) is 0. The van der Waals surface area contributed by atoms with Gasteiger partial charge in [0.15, 0.2) is 17.4 Å². The minimum Gasteiger partial charge on any atom is -0.485 e. The molecule has 1 saturated heterocycles. The number of halogens is 2. The molecule has 0 saturated carbocycles. The van der Waals surface area contributed by atoms with Crippen molar-refractivity contribution in [2.75, 3.05) is 6.61 Å². The smallest absolute Gasteiger partial charge is 0.190 e. The van der Waals surface area contributed by atoms with Crippen LogP contribution in [0.1, 0.15) is 32.3 Å². The Morgan fingerprint density at radius 3 is 2.47 bits per heavy atom. The second-order valence-corrected chi connectivity index (χ2v) is 5.40. The van der Waals surface area contributed by atoms with Gasteiger partial charge in [0.05, 0.1) is 18.3 Å². The van der Waals surface area contributed by atoms with Crippen molar-refractivity contribution in [3.05, 3.63) is 29.3 Å². The summed E-state index contributed by atoms with van der Waals surface area (Å²) in [6.45, 7) is 3.66. The van der Waals surface area contributed by atoms with Crippen molar-refractivity contribution in [2.45, 2.75) is 45.0 Å².